The predicted molar refractivity (Wildman–Crippen MR) is 71.4 cm³/mol. The Bertz CT molecular complexity index is 563. The number of nitrogens with zero attached hydrogens (tertiary/aromatic N) is 1. The van der Waals surface area contributed by atoms with Crippen molar-refractivity contribution in [3.8, 4) is 0 Å². The molecule has 1 aliphatic heterocycles. The molecule has 1 aromatic carbocycles. The maximum atomic E-state index is 13.0. The highest BCUT2D eigenvalue weighted by molar-refractivity contribution is 6.39. The number of hydrogen-bond acceptors (Lipinski definition) is 3. The number of halogens is 2. The van der Waals surface area contributed by atoms with Crippen LogP contribution in [0, 0.1) is 17.6 Å². The van der Waals surface area contributed by atoms with Gasteiger partial charge in [0.2, 0.25) is 0 Å². The van der Waals surface area contributed by atoms with E-state index < -0.39 is 29.6 Å². The van der Waals surface area contributed by atoms with Gasteiger partial charge in [-0.25, -0.2) is 8.78 Å². The minimum absolute atomic E-state index is 0.0125. The standard InChI is InChI=1S/C14H16F2N2O3/c1-8(19)9-4-5-18(7-9)14(21)13(20)17-10-2-3-11(15)12(16)6-10/h2-3,6,8-9,19H,4-5,7H2,1H3,(H,17,20). The maximum Gasteiger partial charge on any atom is 0.313 e. The van der Waals surface area contributed by atoms with E-state index in [0.29, 0.717) is 19.5 Å². The monoisotopic (exact) mass is 298 g/mol. The summed E-state index contributed by atoms with van der Waals surface area (Å²) in [5, 5.41) is 11.7. The van der Waals surface area contributed by atoms with Crippen LogP contribution >= 0.6 is 0 Å². The normalized spacial score (nSPS) is 19.4. The van der Waals surface area contributed by atoms with Crippen LogP contribution in [0.1, 0.15) is 13.3 Å². The van der Waals surface area contributed by atoms with Gasteiger partial charge in [0.15, 0.2) is 11.6 Å². The summed E-state index contributed by atoms with van der Waals surface area (Å²) in [4.78, 5) is 25.1. The zero-order valence-corrected chi connectivity index (χ0v) is 11.5. The molecule has 114 valence electrons. The van der Waals surface area contributed by atoms with Crippen molar-refractivity contribution in [2.24, 2.45) is 5.92 Å². The average molecular weight is 298 g/mol. The molecule has 0 bridgehead atoms. The number of carbonyl (C=O) groups is 2. The van der Waals surface area contributed by atoms with Gasteiger partial charge in [0, 0.05) is 30.8 Å². The van der Waals surface area contributed by atoms with Crippen LogP contribution in [0.4, 0.5) is 14.5 Å². The Labute approximate surface area is 120 Å². The second-order valence-corrected chi connectivity index (χ2v) is 5.12. The fraction of sp³-hybridized carbons (Fsp3) is 0.429. The number of aliphatic hydroxyl groups excluding tert-OH is 1. The van der Waals surface area contributed by atoms with Gasteiger partial charge < -0.3 is 15.3 Å². The molecule has 1 fully saturated rings. The van der Waals surface area contributed by atoms with Crippen molar-refractivity contribution in [3.63, 3.8) is 0 Å². The number of carbonyl (C=O) groups excluding carboxylic acids is 2. The van der Waals surface area contributed by atoms with E-state index >= 15 is 0 Å². The van der Waals surface area contributed by atoms with Crippen LogP contribution in [0.25, 0.3) is 0 Å². The lowest BCUT2D eigenvalue weighted by atomic mass is 10.0. The summed E-state index contributed by atoms with van der Waals surface area (Å²) in [5.41, 5.74) is 0.0125. The summed E-state index contributed by atoms with van der Waals surface area (Å²) in [6, 6.07) is 2.85. The SMILES string of the molecule is CC(O)C1CCN(C(=O)C(=O)Nc2ccc(F)c(F)c2)C1. The van der Waals surface area contributed by atoms with Crippen LogP contribution in [0.3, 0.4) is 0 Å². The van der Waals surface area contributed by atoms with Gasteiger partial charge in [-0.1, -0.05) is 0 Å². The Morgan fingerprint density at radius 1 is 1.38 bits per heavy atom. The molecule has 0 aliphatic carbocycles. The maximum absolute atomic E-state index is 13.0. The highest BCUT2D eigenvalue weighted by Gasteiger charge is 2.32. The summed E-state index contributed by atoms with van der Waals surface area (Å²) in [5.74, 6) is -3.84. The van der Waals surface area contributed by atoms with Crippen molar-refractivity contribution < 1.29 is 23.5 Å². The third kappa shape index (κ3) is 3.55. The second-order valence-electron chi connectivity index (χ2n) is 5.12. The summed E-state index contributed by atoms with van der Waals surface area (Å²) >= 11 is 0. The molecule has 1 aliphatic rings. The largest absolute Gasteiger partial charge is 0.393 e. The highest BCUT2D eigenvalue weighted by Crippen LogP contribution is 2.20. The first-order valence-electron chi connectivity index (χ1n) is 6.62. The van der Waals surface area contributed by atoms with Gasteiger partial charge in [0.25, 0.3) is 0 Å². The van der Waals surface area contributed by atoms with E-state index in [2.05, 4.69) is 5.32 Å². The Balaban J connectivity index is 1.97. The van der Waals surface area contributed by atoms with Crippen LogP contribution in [0.15, 0.2) is 18.2 Å². The van der Waals surface area contributed by atoms with Crippen molar-refractivity contribution in [3.05, 3.63) is 29.8 Å². The number of rotatable bonds is 2. The molecule has 0 aromatic heterocycles. The fourth-order valence-corrected chi connectivity index (χ4v) is 2.27. The number of anilines is 1. The Morgan fingerprint density at radius 2 is 2.10 bits per heavy atom. The third-order valence-electron chi connectivity index (χ3n) is 3.57. The molecule has 1 heterocycles. The lowest BCUT2D eigenvalue weighted by Gasteiger charge is -2.17. The molecule has 0 spiro atoms. The number of hydrogen-bond donors (Lipinski definition) is 2. The van der Waals surface area contributed by atoms with Crippen molar-refractivity contribution in [2.75, 3.05) is 18.4 Å². The minimum atomic E-state index is -1.10. The first-order valence-corrected chi connectivity index (χ1v) is 6.62. The highest BCUT2D eigenvalue weighted by atomic mass is 19.2. The van der Waals surface area contributed by atoms with E-state index in [1.54, 1.807) is 6.92 Å². The molecule has 0 saturated carbocycles. The van der Waals surface area contributed by atoms with Gasteiger partial charge >= 0.3 is 11.8 Å². The molecule has 1 saturated heterocycles. The molecule has 2 N–H and O–H groups in total. The smallest absolute Gasteiger partial charge is 0.313 e. The van der Waals surface area contributed by atoms with Gasteiger partial charge in [0.1, 0.15) is 0 Å². The van der Waals surface area contributed by atoms with Crippen LogP contribution in [0.5, 0.6) is 0 Å². The summed E-state index contributed by atoms with van der Waals surface area (Å²) in [6.07, 6.45) is 0.0825. The van der Waals surface area contributed by atoms with Crippen LogP contribution < -0.4 is 5.32 Å². The number of likely N-dealkylation sites (tertiary alicyclic amines) is 1. The van der Waals surface area contributed by atoms with E-state index in [1.807, 2.05) is 0 Å². The summed E-state index contributed by atoms with van der Waals surface area (Å²) < 4.78 is 25.8. The van der Waals surface area contributed by atoms with Gasteiger partial charge in [-0.15, -0.1) is 0 Å². The van der Waals surface area contributed by atoms with E-state index in [0.717, 1.165) is 12.1 Å². The molecule has 2 amide bonds. The molecular formula is C14H16F2N2O3. The minimum Gasteiger partial charge on any atom is -0.393 e. The van der Waals surface area contributed by atoms with E-state index in [1.165, 1.54) is 11.0 Å². The molecule has 1 aromatic rings. The van der Waals surface area contributed by atoms with Crippen LogP contribution in [-0.2, 0) is 9.59 Å². The van der Waals surface area contributed by atoms with E-state index in [9.17, 15) is 23.5 Å². The van der Waals surface area contributed by atoms with E-state index in [4.69, 9.17) is 0 Å². The van der Waals surface area contributed by atoms with Crippen molar-refractivity contribution in [2.45, 2.75) is 19.4 Å². The molecule has 5 nitrogen and oxygen atoms in total. The first kappa shape index (κ1) is 15.4. The lowest BCUT2D eigenvalue weighted by molar-refractivity contribution is -0.142. The zero-order valence-electron chi connectivity index (χ0n) is 11.5. The summed E-state index contributed by atoms with van der Waals surface area (Å²) in [7, 11) is 0. The molecule has 7 heteroatoms. The molecule has 2 atom stereocenters. The fourth-order valence-electron chi connectivity index (χ4n) is 2.27. The second kappa shape index (κ2) is 6.17. The zero-order chi connectivity index (χ0) is 15.6. The van der Waals surface area contributed by atoms with Gasteiger partial charge in [-0.2, -0.15) is 0 Å². The van der Waals surface area contributed by atoms with Crippen molar-refractivity contribution >= 4 is 17.5 Å². The third-order valence-corrected chi connectivity index (χ3v) is 3.57. The van der Waals surface area contributed by atoms with Gasteiger partial charge in [-0.05, 0) is 25.5 Å². The number of aliphatic hydroxyl groups is 1. The Hall–Kier alpha value is -2.02. The molecule has 0 radical (unpaired) electrons. The van der Waals surface area contributed by atoms with Gasteiger partial charge in [-0.3, -0.25) is 9.59 Å². The van der Waals surface area contributed by atoms with Crippen LogP contribution in [-0.4, -0.2) is 41.0 Å². The van der Waals surface area contributed by atoms with Crippen molar-refractivity contribution in [1.29, 1.82) is 0 Å². The lowest BCUT2D eigenvalue weighted by Crippen LogP contribution is -2.38. The van der Waals surface area contributed by atoms with Crippen molar-refractivity contribution in [1.82, 2.24) is 4.90 Å². The topological polar surface area (TPSA) is 69.6 Å². The number of amides is 2. The Kier molecular flexibility index (Phi) is 4.52. The average Bonchev–Trinajstić information content (AvgIpc) is 2.92. The number of benzene rings is 1. The molecule has 2 unspecified atom stereocenters. The predicted octanol–water partition coefficient (Wildman–Crippen LogP) is 1.13. The number of nitrogens with one attached hydrogen (secondary N) is 1. The quantitative estimate of drug-likeness (QED) is 0.804. The molecule has 21 heavy (non-hydrogen) atoms. The van der Waals surface area contributed by atoms with Crippen LogP contribution in [0.2, 0.25) is 0 Å². The first-order chi connectivity index (χ1) is 9.88. The molecular weight excluding hydrogens is 282 g/mol. The summed E-state index contributed by atoms with van der Waals surface area (Å²) in [6.45, 7) is 2.33. The molecule has 2 rings (SSSR count). The van der Waals surface area contributed by atoms with E-state index in [-0.39, 0.29) is 11.6 Å². The Morgan fingerprint density at radius 3 is 2.67 bits per heavy atom. The van der Waals surface area contributed by atoms with Gasteiger partial charge in [0.05, 0.1) is 6.10 Å².